The third kappa shape index (κ3) is 2.92. The predicted molar refractivity (Wildman–Crippen MR) is 60.4 cm³/mol. The van der Waals surface area contributed by atoms with E-state index in [-0.39, 0.29) is 5.84 Å². The average molecular weight is 208 g/mol. The molecule has 82 valence electrons. The zero-order valence-corrected chi connectivity index (χ0v) is 9.03. The van der Waals surface area contributed by atoms with Gasteiger partial charge in [0.15, 0.2) is 0 Å². The topological polar surface area (TPSA) is 75.2 Å². The number of aromatic nitrogens is 1. The van der Waals surface area contributed by atoms with Gasteiger partial charge in [-0.2, -0.15) is 0 Å². The molecule has 0 saturated heterocycles. The summed E-state index contributed by atoms with van der Waals surface area (Å²) in [5.74, 6) is 0.740. The molecule has 5 nitrogen and oxygen atoms in total. The molecule has 1 aromatic heterocycles. The number of ether oxygens (including phenoxy) is 1. The zero-order valence-electron chi connectivity index (χ0n) is 9.03. The number of methoxy groups -OCH3 is 1. The Hall–Kier alpha value is -1.62. The van der Waals surface area contributed by atoms with Crippen molar-refractivity contribution >= 4 is 11.7 Å². The van der Waals surface area contributed by atoms with Crippen molar-refractivity contribution in [1.82, 2.24) is 4.98 Å². The molecule has 0 radical (unpaired) electrons. The normalized spacial score (nSPS) is 10.0. The van der Waals surface area contributed by atoms with Crippen molar-refractivity contribution in [1.29, 1.82) is 5.41 Å². The molecule has 0 aliphatic carbocycles. The van der Waals surface area contributed by atoms with E-state index in [1.807, 2.05) is 11.9 Å². The zero-order chi connectivity index (χ0) is 11.3. The lowest BCUT2D eigenvalue weighted by atomic mass is 10.2. The van der Waals surface area contributed by atoms with Gasteiger partial charge in [0.2, 0.25) is 0 Å². The third-order valence-electron chi connectivity index (χ3n) is 2.07. The molecule has 0 spiro atoms. The fourth-order valence-corrected chi connectivity index (χ4v) is 1.25. The monoisotopic (exact) mass is 208 g/mol. The van der Waals surface area contributed by atoms with Crippen LogP contribution in [0, 0.1) is 5.41 Å². The molecule has 0 bridgehead atoms. The number of anilines is 1. The van der Waals surface area contributed by atoms with Gasteiger partial charge in [0.25, 0.3) is 0 Å². The van der Waals surface area contributed by atoms with Crippen molar-refractivity contribution < 1.29 is 4.74 Å². The van der Waals surface area contributed by atoms with Crippen molar-refractivity contribution in [2.24, 2.45) is 5.73 Å². The van der Waals surface area contributed by atoms with Crippen molar-refractivity contribution in [3.63, 3.8) is 0 Å². The van der Waals surface area contributed by atoms with Gasteiger partial charge < -0.3 is 15.4 Å². The second-order valence-electron chi connectivity index (χ2n) is 3.20. The number of hydrogen-bond donors (Lipinski definition) is 2. The first kappa shape index (κ1) is 11.5. The molecule has 0 aliphatic heterocycles. The molecule has 3 N–H and O–H groups in total. The lowest BCUT2D eigenvalue weighted by Crippen LogP contribution is -2.26. The van der Waals surface area contributed by atoms with Crippen LogP contribution in [-0.2, 0) is 4.74 Å². The third-order valence-corrected chi connectivity index (χ3v) is 2.07. The molecule has 0 unspecified atom stereocenters. The van der Waals surface area contributed by atoms with Gasteiger partial charge in [0, 0.05) is 26.9 Å². The number of hydrogen-bond acceptors (Lipinski definition) is 4. The minimum Gasteiger partial charge on any atom is -0.384 e. The summed E-state index contributed by atoms with van der Waals surface area (Å²) >= 11 is 0. The molecule has 5 heteroatoms. The Balaban J connectivity index is 2.87. The molecule has 1 heterocycles. The van der Waals surface area contributed by atoms with Crippen LogP contribution in [0.15, 0.2) is 18.3 Å². The van der Waals surface area contributed by atoms with Crippen molar-refractivity contribution in [3.8, 4) is 0 Å². The Morgan fingerprint density at radius 2 is 2.40 bits per heavy atom. The molecule has 0 amide bonds. The molecule has 0 fully saturated rings. The van der Waals surface area contributed by atoms with Crippen molar-refractivity contribution in [3.05, 3.63) is 23.9 Å². The highest BCUT2D eigenvalue weighted by Gasteiger charge is 2.09. The SMILES string of the molecule is COCCN(C)c1ncccc1C(=N)N. The molecule has 1 rings (SSSR count). The number of likely N-dealkylation sites (N-methyl/N-ethyl adjacent to an activating group) is 1. The molecule has 0 aliphatic rings. The van der Waals surface area contributed by atoms with Gasteiger partial charge in [0.1, 0.15) is 11.7 Å². The van der Waals surface area contributed by atoms with E-state index in [9.17, 15) is 0 Å². The number of amidine groups is 1. The van der Waals surface area contributed by atoms with E-state index < -0.39 is 0 Å². The van der Waals surface area contributed by atoms with Gasteiger partial charge in [0.05, 0.1) is 12.2 Å². The van der Waals surface area contributed by atoms with Crippen LogP contribution < -0.4 is 10.6 Å². The fraction of sp³-hybridized carbons (Fsp3) is 0.400. The molecule has 0 aromatic carbocycles. The van der Waals surface area contributed by atoms with Crippen LogP contribution in [0.3, 0.4) is 0 Å². The summed E-state index contributed by atoms with van der Waals surface area (Å²) in [5, 5.41) is 7.43. The quantitative estimate of drug-likeness (QED) is 0.544. The van der Waals surface area contributed by atoms with Crippen LogP contribution in [-0.4, -0.2) is 38.1 Å². The van der Waals surface area contributed by atoms with Crippen LogP contribution in [0.2, 0.25) is 0 Å². The number of rotatable bonds is 5. The number of nitrogens with zero attached hydrogens (tertiary/aromatic N) is 2. The molecular weight excluding hydrogens is 192 g/mol. The maximum absolute atomic E-state index is 7.43. The maximum Gasteiger partial charge on any atom is 0.139 e. The summed E-state index contributed by atoms with van der Waals surface area (Å²) in [4.78, 5) is 6.12. The Morgan fingerprint density at radius 1 is 1.67 bits per heavy atom. The highest BCUT2D eigenvalue weighted by molar-refractivity contribution is 5.99. The number of nitrogens with two attached hydrogens (primary N) is 1. The smallest absolute Gasteiger partial charge is 0.139 e. The van der Waals surface area contributed by atoms with E-state index >= 15 is 0 Å². The van der Waals surface area contributed by atoms with Gasteiger partial charge >= 0.3 is 0 Å². The largest absolute Gasteiger partial charge is 0.384 e. The summed E-state index contributed by atoms with van der Waals surface area (Å²) in [7, 11) is 3.55. The van der Waals surface area contributed by atoms with Crippen LogP contribution in [0.25, 0.3) is 0 Å². The van der Waals surface area contributed by atoms with E-state index in [2.05, 4.69) is 4.98 Å². The van der Waals surface area contributed by atoms with Crippen LogP contribution in [0.5, 0.6) is 0 Å². The van der Waals surface area contributed by atoms with E-state index in [0.717, 1.165) is 0 Å². The van der Waals surface area contributed by atoms with E-state index in [0.29, 0.717) is 24.5 Å². The summed E-state index contributed by atoms with van der Waals surface area (Å²) in [5.41, 5.74) is 6.12. The second-order valence-corrected chi connectivity index (χ2v) is 3.20. The number of pyridine rings is 1. The first-order chi connectivity index (χ1) is 7.16. The Labute approximate surface area is 89.4 Å². The Morgan fingerprint density at radius 3 is 3.00 bits per heavy atom. The Bertz CT molecular complexity index is 340. The van der Waals surface area contributed by atoms with E-state index in [4.69, 9.17) is 15.9 Å². The lowest BCUT2D eigenvalue weighted by molar-refractivity contribution is 0.206. The standard InChI is InChI=1S/C10H16N4O/c1-14(6-7-15-2)10-8(9(11)12)4-3-5-13-10/h3-5H,6-7H2,1-2H3,(H3,11,12). The second kappa shape index (κ2) is 5.31. The van der Waals surface area contributed by atoms with E-state index in [1.54, 1.807) is 25.4 Å². The number of nitrogens with one attached hydrogen (secondary N) is 1. The molecular formula is C10H16N4O. The summed E-state index contributed by atoms with van der Waals surface area (Å²) in [6.45, 7) is 1.33. The van der Waals surface area contributed by atoms with Gasteiger partial charge in [-0.15, -0.1) is 0 Å². The lowest BCUT2D eigenvalue weighted by Gasteiger charge is -2.19. The predicted octanol–water partition coefficient (Wildman–Crippen LogP) is 0.448. The van der Waals surface area contributed by atoms with Gasteiger partial charge in [-0.1, -0.05) is 0 Å². The van der Waals surface area contributed by atoms with Crippen molar-refractivity contribution in [2.45, 2.75) is 0 Å². The Kier molecular flexibility index (Phi) is 4.05. The van der Waals surface area contributed by atoms with Crippen LogP contribution in [0.1, 0.15) is 5.56 Å². The average Bonchev–Trinajstić information content (AvgIpc) is 2.25. The highest BCUT2D eigenvalue weighted by atomic mass is 16.5. The summed E-state index contributed by atoms with van der Waals surface area (Å²) in [6.07, 6.45) is 1.69. The summed E-state index contributed by atoms with van der Waals surface area (Å²) < 4.78 is 4.98. The first-order valence-electron chi connectivity index (χ1n) is 4.66. The summed E-state index contributed by atoms with van der Waals surface area (Å²) in [6, 6.07) is 3.55. The first-order valence-corrected chi connectivity index (χ1v) is 4.66. The van der Waals surface area contributed by atoms with Crippen molar-refractivity contribution in [2.75, 3.05) is 32.2 Å². The van der Waals surface area contributed by atoms with Gasteiger partial charge in [-0.05, 0) is 12.1 Å². The minimum atomic E-state index is 0.0300. The molecule has 0 saturated carbocycles. The van der Waals surface area contributed by atoms with Gasteiger partial charge in [-0.3, -0.25) is 5.41 Å². The molecule has 0 atom stereocenters. The number of nitrogen functional groups attached to an aromatic ring is 1. The van der Waals surface area contributed by atoms with Gasteiger partial charge in [-0.25, -0.2) is 4.98 Å². The minimum absolute atomic E-state index is 0.0300. The molecule has 1 aromatic rings. The fourth-order valence-electron chi connectivity index (χ4n) is 1.25. The van der Waals surface area contributed by atoms with Crippen LogP contribution in [0.4, 0.5) is 5.82 Å². The maximum atomic E-state index is 7.43. The van der Waals surface area contributed by atoms with E-state index in [1.165, 1.54) is 0 Å². The molecule has 15 heavy (non-hydrogen) atoms. The highest BCUT2D eigenvalue weighted by Crippen LogP contribution is 2.14. The van der Waals surface area contributed by atoms with Crippen LogP contribution >= 0.6 is 0 Å².